The van der Waals surface area contributed by atoms with Crippen molar-refractivity contribution in [3.8, 4) is 0 Å². The number of sulfonamides is 1. The minimum atomic E-state index is -3.45. The molecule has 1 fully saturated rings. The van der Waals surface area contributed by atoms with E-state index in [1.54, 1.807) is 16.4 Å². The number of rotatable bonds is 5. The highest BCUT2D eigenvalue weighted by molar-refractivity contribution is 7.89. The van der Waals surface area contributed by atoms with Crippen LogP contribution in [0.5, 0.6) is 0 Å². The summed E-state index contributed by atoms with van der Waals surface area (Å²) in [7, 11) is -3.45. The molecule has 2 atom stereocenters. The fourth-order valence-electron chi connectivity index (χ4n) is 2.39. The first-order valence-electron chi connectivity index (χ1n) is 7.38. The van der Waals surface area contributed by atoms with E-state index in [0.717, 1.165) is 18.7 Å². The Labute approximate surface area is 127 Å². The lowest BCUT2D eigenvalue weighted by molar-refractivity contribution is -0.0170. The summed E-state index contributed by atoms with van der Waals surface area (Å²) < 4.78 is 32.5. The van der Waals surface area contributed by atoms with Crippen LogP contribution in [-0.2, 0) is 21.3 Å². The van der Waals surface area contributed by atoms with Crippen molar-refractivity contribution in [2.45, 2.75) is 44.4 Å². The SMILES string of the molecule is CCNCc1ccc(S(=O)(=O)N2CC(C)OCC2C)cc1. The Hall–Kier alpha value is -0.950. The van der Waals surface area contributed by atoms with Gasteiger partial charge in [0.2, 0.25) is 10.0 Å². The molecule has 0 aliphatic carbocycles. The molecule has 2 rings (SSSR count). The first kappa shape index (κ1) is 16.4. The van der Waals surface area contributed by atoms with E-state index in [1.807, 2.05) is 32.9 Å². The molecule has 0 aromatic heterocycles. The third kappa shape index (κ3) is 3.83. The average molecular weight is 312 g/mol. The Morgan fingerprint density at radius 1 is 1.29 bits per heavy atom. The van der Waals surface area contributed by atoms with Crippen molar-refractivity contribution in [2.24, 2.45) is 0 Å². The van der Waals surface area contributed by atoms with Gasteiger partial charge in [-0.1, -0.05) is 19.1 Å². The van der Waals surface area contributed by atoms with E-state index in [0.29, 0.717) is 18.0 Å². The molecule has 21 heavy (non-hydrogen) atoms. The van der Waals surface area contributed by atoms with Gasteiger partial charge >= 0.3 is 0 Å². The summed E-state index contributed by atoms with van der Waals surface area (Å²) in [5, 5.41) is 3.22. The van der Waals surface area contributed by atoms with Crippen molar-refractivity contribution in [3.63, 3.8) is 0 Å². The van der Waals surface area contributed by atoms with E-state index < -0.39 is 10.0 Å². The molecule has 118 valence electrons. The van der Waals surface area contributed by atoms with Crippen LogP contribution in [0.1, 0.15) is 26.3 Å². The molecule has 0 amide bonds. The summed E-state index contributed by atoms with van der Waals surface area (Å²) >= 11 is 0. The zero-order valence-corrected chi connectivity index (χ0v) is 13.7. The highest BCUT2D eigenvalue weighted by Gasteiger charge is 2.33. The molecule has 0 radical (unpaired) electrons. The monoisotopic (exact) mass is 312 g/mol. The first-order chi connectivity index (χ1) is 9.95. The quantitative estimate of drug-likeness (QED) is 0.897. The van der Waals surface area contributed by atoms with Crippen LogP contribution in [0.4, 0.5) is 0 Å². The lowest BCUT2D eigenvalue weighted by Crippen LogP contribution is -2.50. The largest absolute Gasteiger partial charge is 0.375 e. The van der Waals surface area contributed by atoms with Gasteiger partial charge in [0, 0.05) is 19.1 Å². The molecule has 1 aromatic carbocycles. The van der Waals surface area contributed by atoms with Gasteiger partial charge < -0.3 is 10.1 Å². The molecule has 1 saturated heterocycles. The van der Waals surface area contributed by atoms with Crippen molar-refractivity contribution in [1.82, 2.24) is 9.62 Å². The maximum absolute atomic E-state index is 12.7. The van der Waals surface area contributed by atoms with Crippen molar-refractivity contribution in [3.05, 3.63) is 29.8 Å². The zero-order chi connectivity index (χ0) is 15.5. The molecule has 2 unspecified atom stereocenters. The van der Waals surface area contributed by atoms with Gasteiger partial charge in [-0.05, 0) is 38.1 Å². The Morgan fingerprint density at radius 2 is 1.95 bits per heavy atom. The molecule has 1 N–H and O–H groups in total. The fourth-order valence-corrected chi connectivity index (χ4v) is 4.08. The van der Waals surface area contributed by atoms with E-state index >= 15 is 0 Å². The maximum Gasteiger partial charge on any atom is 0.243 e. The summed E-state index contributed by atoms with van der Waals surface area (Å²) in [6.45, 7) is 8.31. The standard InChI is InChI=1S/C15H24N2O3S/c1-4-16-9-14-5-7-15(8-6-14)21(18,19)17-10-13(3)20-11-12(17)2/h5-8,12-13,16H,4,9-11H2,1-3H3. The number of nitrogens with one attached hydrogen (secondary N) is 1. The number of morpholine rings is 1. The van der Waals surface area contributed by atoms with Gasteiger partial charge in [-0.25, -0.2) is 8.42 Å². The Bertz CT molecular complexity index is 557. The molecule has 6 heteroatoms. The summed E-state index contributed by atoms with van der Waals surface area (Å²) in [4.78, 5) is 0.351. The lowest BCUT2D eigenvalue weighted by Gasteiger charge is -2.35. The van der Waals surface area contributed by atoms with Crippen LogP contribution < -0.4 is 5.32 Å². The molecule has 0 bridgehead atoms. The molecular weight excluding hydrogens is 288 g/mol. The molecule has 1 aromatic rings. The topological polar surface area (TPSA) is 58.6 Å². The van der Waals surface area contributed by atoms with E-state index in [-0.39, 0.29) is 12.1 Å². The number of ether oxygens (including phenoxy) is 1. The van der Waals surface area contributed by atoms with E-state index in [4.69, 9.17) is 4.74 Å². The fraction of sp³-hybridized carbons (Fsp3) is 0.600. The Balaban J connectivity index is 2.18. The van der Waals surface area contributed by atoms with Crippen LogP contribution in [0.15, 0.2) is 29.2 Å². The summed E-state index contributed by atoms with van der Waals surface area (Å²) in [6, 6.07) is 6.98. The molecular formula is C15H24N2O3S. The van der Waals surface area contributed by atoms with Crippen LogP contribution in [0.25, 0.3) is 0 Å². The van der Waals surface area contributed by atoms with Crippen molar-refractivity contribution in [2.75, 3.05) is 19.7 Å². The second kappa shape index (κ2) is 6.87. The van der Waals surface area contributed by atoms with Gasteiger partial charge in [0.25, 0.3) is 0 Å². The van der Waals surface area contributed by atoms with Gasteiger partial charge in [0.1, 0.15) is 0 Å². The predicted octanol–water partition coefficient (Wildman–Crippen LogP) is 1.59. The first-order valence-corrected chi connectivity index (χ1v) is 8.82. The van der Waals surface area contributed by atoms with E-state index in [1.165, 1.54) is 0 Å². The number of hydrogen-bond donors (Lipinski definition) is 1. The number of nitrogens with zero attached hydrogens (tertiary/aromatic N) is 1. The number of hydrogen-bond acceptors (Lipinski definition) is 4. The molecule has 1 aliphatic heterocycles. The van der Waals surface area contributed by atoms with Crippen LogP contribution in [0.3, 0.4) is 0 Å². The normalized spacial score (nSPS) is 24.1. The van der Waals surface area contributed by atoms with Crippen molar-refractivity contribution < 1.29 is 13.2 Å². The zero-order valence-electron chi connectivity index (χ0n) is 12.9. The molecule has 0 saturated carbocycles. The third-order valence-electron chi connectivity index (χ3n) is 3.66. The molecule has 1 heterocycles. The molecule has 1 aliphatic rings. The van der Waals surface area contributed by atoms with Gasteiger partial charge in [-0.3, -0.25) is 0 Å². The molecule has 0 spiro atoms. The Morgan fingerprint density at radius 3 is 2.57 bits per heavy atom. The van der Waals surface area contributed by atoms with Crippen molar-refractivity contribution >= 4 is 10.0 Å². The second-order valence-corrected chi connectivity index (χ2v) is 7.38. The lowest BCUT2D eigenvalue weighted by atomic mass is 10.2. The van der Waals surface area contributed by atoms with Gasteiger partial charge in [0.05, 0.1) is 17.6 Å². The highest BCUT2D eigenvalue weighted by atomic mass is 32.2. The second-order valence-electron chi connectivity index (χ2n) is 5.49. The van der Waals surface area contributed by atoms with Gasteiger partial charge in [0.15, 0.2) is 0 Å². The Kier molecular flexibility index (Phi) is 5.37. The minimum Gasteiger partial charge on any atom is -0.375 e. The van der Waals surface area contributed by atoms with Crippen LogP contribution in [0, 0.1) is 0 Å². The summed E-state index contributed by atoms with van der Waals surface area (Å²) in [6.07, 6.45) is -0.0657. The van der Waals surface area contributed by atoms with E-state index in [2.05, 4.69) is 5.32 Å². The summed E-state index contributed by atoms with van der Waals surface area (Å²) in [5.74, 6) is 0. The summed E-state index contributed by atoms with van der Waals surface area (Å²) in [5.41, 5.74) is 1.08. The number of benzene rings is 1. The van der Waals surface area contributed by atoms with Crippen LogP contribution in [-0.4, -0.2) is 44.6 Å². The van der Waals surface area contributed by atoms with Gasteiger partial charge in [-0.2, -0.15) is 4.31 Å². The minimum absolute atomic E-state index is 0.0657. The predicted molar refractivity (Wildman–Crippen MR) is 82.6 cm³/mol. The molecule has 5 nitrogen and oxygen atoms in total. The van der Waals surface area contributed by atoms with E-state index in [9.17, 15) is 8.42 Å². The third-order valence-corrected chi connectivity index (χ3v) is 5.65. The maximum atomic E-state index is 12.7. The van der Waals surface area contributed by atoms with Crippen LogP contribution >= 0.6 is 0 Å². The van der Waals surface area contributed by atoms with Crippen LogP contribution in [0.2, 0.25) is 0 Å². The average Bonchev–Trinajstić information content (AvgIpc) is 2.48. The smallest absolute Gasteiger partial charge is 0.243 e. The highest BCUT2D eigenvalue weighted by Crippen LogP contribution is 2.22. The van der Waals surface area contributed by atoms with Crippen molar-refractivity contribution in [1.29, 1.82) is 0 Å². The van der Waals surface area contributed by atoms with Gasteiger partial charge in [-0.15, -0.1) is 0 Å².